The fourth-order valence-corrected chi connectivity index (χ4v) is 5.14. The number of carboxylic acids is 1. The Balaban J connectivity index is 1.40. The molecular formula is C28H28FNO4. The van der Waals surface area contributed by atoms with Crippen LogP contribution in [0.1, 0.15) is 48.3 Å². The van der Waals surface area contributed by atoms with Crippen LogP contribution in [0.15, 0.2) is 54.7 Å². The van der Waals surface area contributed by atoms with E-state index in [0.717, 1.165) is 40.8 Å². The smallest absolute Gasteiger partial charge is 0.306 e. The first-order valence-electron chi connectivity index (χ1n) is 11.7. The summed E-state index contributed by atoms with van der Waals surface area (Å²) in [7, 11) is 1.55. The number of carboxylic acid groups (broad SMARTS) is 1. The van der Waals surface area contributed by atoms with Crippen molar-refractivity contribution in [3.05, 3.63) is 77.2 Å². The van der Waals surface area contributed by atoms with Crippen molar-refractivity contribution in [3.8, 4) is 22.8 Å². The van der Waals surface area contributed by atoms with Crippen LogP contribution in [0.25, 0.3) is 11.1 Å². The Morgan fingerprint density at radius 1 is 1.15 bits per heavy atom. The van der Waals surface area contributed by atoms with E-state index in [1.165, 1.54) is 0 Å². The molecular weight excluding hydrogens is 433 g/mol. The highest BCUT2D eigenvalue weighted by Gasteiger charge is 2.39. The number of nitrogens with zero attached hydrogens (tertiary/aromatic N) is 1. The molecule has 0 spiro atoms. The highest BCUT2D eigenvalue weighted by molar-refractivity contribution is 5.71. The molecule has 1 aliphatic heterocycles. The molecule has 1 fully saturated rings. The molecule has 176 valence electrons. The molecule has 2 heterocycles. The van der Waals surface area contributed by atoms with Gasteiger partial charge in [0.2, 0.25) is 5.88 Å². The molecule has 5 rings (SSSR count). The third kappa shape index (κ3) is 4.37. The van der Waals surface area contributed by atoms with Crippen molar-refractivity contribution in [1.29, 1.82) is 0 Å². The fraction of sp³-hybridized carbons (Fsp3) is 0.357. The SMILES string of the molecule is COc1cc(-c2ccc(C3COc4ccc(C(C5CC5)[C@H](C)C(=O)O)cc4C3)c(F)c2)ccn1. The zero-order valence-electron chi connectivity index (χ0n) is 19.3. The third-order valence-electron chi connectivity index (χ3n) is 7.15. The van der Waals surface area contributed by atoms with Gasteiger partial charge in [0.15, 0.2) is 0 Å². The van der Waals surface area contributed by atoms with Gasteiger partial charge in [-0.05, 0) is 77.1 Å². The van der Waals surface area contributed by atoms with Crippen molar-refractivity contribution in [2.24, 2.45) is 11.8 Å². The number of ether oxygens (including phenoxy) is 2. The van der Waals surface area contributed by atoms with Crippen molar-refractivity contribution in [3.63, 3.8) is 0 Å². The highest BCUT2D eigenvalue weighted by Crippen LogP contribution is 2.48. The highest BCUT2D eigenvalue weighted by atomic mass is 19.1. The van der Waals surface area contributed by atoms with E-state index in [1.54, 1.807) is 32.4 Å². The molecule has 2 unspecified atom stereocenters. The van der Waals surface area contributed by atoms with Crippen molar-refractivity contribution >= 4 is 5.97 Å². The lowest BCUT2D eigenvalue weighted by molar-refractivity contribution is -0.142. The summed E-state index contributed by atoms with van der Waals surface area (Å²) >= 11 is 0. The molecule has 2 aliphatic rings. The minimum absolute atomic E-state index is 0.00319. The first-order valence-corrected chi connectivity index (χ1v) is 11.7. The van der Waals surface area contributed by atoms with Gasteiger partial charge in [-0.15, -0.1) is 0 Å². The van der Waals surface area contributed by atoms with Crippen molar-refractivity contribution in [2.45, 2.75) is 38.0 Å². The number of methoxy groups -OCH3 is 1. The van der Waals surface area contributed by atoms with E-state index in [1.807, 2.05) is 30.3 Å². The van der Waals surface area contributed by atoms with Gasteiger partial charge in [0, 0.05) is 18.2 Å². The van der Waals surface area contributed by atoms with Gasteiger partial charge >= 0.3 is 5.97 Å². The topological polar surface area (TPSA) is 68.7 Å². The van der Waals surface area contributed by atoms with E-state index < -0.39 is 11.9 Å². The Hall–Kier alpha value is -3.41. The lowest BCUT2D eigenvalue weighted by Crippen LogP contribution is -2.23. The van der Waals surface area contributed by atoms with Gasteiger partial charge in [-0.2, -0.15) is 0 Å². The van der Waals surface area contributed by atoms with E-state index in [-0.39, 0.29) is 17.7 Å². The quantitative estimate of drug-likeness (QED) is 0.480. The molecule has 1 saturated carbocycles. The Bertz CT molecular complexity index is 1220. The van der Waals surface area contributed by atoms with Gasteiger partial charge < -0.3 is 14.6 Å². The summed E-state index contributed by atoms with van der Waals surface area (Å²) in [6.07, 6.45) is 4.43. The van der Waals surface area contributed by atoms with Crippen LogP contribution >= 0.6 is 0 Å². The first kappa shape index (κ1) is 22.4. The van der Waals surface area contributed by atoms with Crippen LogP contribution < -0.4 is 9.47 Å². The van der Waals surface area contributed by atoms with Gasteiger partial charge in [-0.25, -0.2) is 9.37 Å². The van der Waals surface area contributed by atoms with E-state index in [2.05, 4.69) is 11.1 Å². The van der Waals surface area contributed by atoms with Gasteiger partial charge in [0.1, 0.15) is 11.6 Å². The number of pyridine rings is 1. The van der Waals surface area contributed by atoms with Crippen molar-refractivity contribution in [2.75, 3.05) is 13.7 Å². The molecule has 5 nitrogen and oxygen atoms in total. The largest absolute Gasteiger partial charge is 0.493 e. The molecule has 6 heteroatoms. The van der Waals surface area contributed by atoms with Crippen LogP contribution in [0.4, 0.5) is 4.39 Å². The van der Waals surface area contributed by atoms with Gasteiger partial charge in [-0.3, -0.25) is 4.79 Å². The Morgan fingerprint density at radius 3 is 2.65 bits per heavy atom. The van der Waals surface area contributed by atoms with Gasteiger partial charge in [-0.1, -0.05) is 31.2 Å². The van der Waals surface area contributed by atoms with E-state index in [9.17, 15) is 9.90 Å². The third-order valence-corrected chi connectivity index (χ3v) is 7.15. The minimum Gasteiger partial charge on any atom is -0.493 e. The Morgan fingerprint density at radius 2 is 1.94 bits per heavy atom. The Labute approximate surface area is 198 Å². The standard InChI is InChI=1S/C28H28FNO4/c1-16(28(31)32)27(17-3-4-17)20-6-8-25-21(11-20)12-22(15-34-25)23-7-5-18(13-24(23)29)19-9-10-30-26(14-19)33-2/h5-11,13-14,16-17,22,27H,3-4,12,15H2,1-2H3,(H,31,32)/t16-,22?,27?/m0/s1. The molecule has 1 N–H and O–H groups in total. The first-order chi connectivity index (χ1) is 16.4. The van der Waals surface area contributed by atoms with Crippen LogP contribution in [0.5, 0.6) is 11.6 Å². The van der Waals surface area contributed by atoms with E-state index in [4.69, 9.17) is 9.47 Å². The average Bonchev–Trinajstić information content (AvgIpc) is 3.68. The number of hydrogen-bond acceptors (Lipinski definition) is 4. The zero-order chi connectivity index (χ0) is 23.8. The molecule has 34 heavy (non-hydrogen) atoms. The van der Waals surface area contributed by atoms with E-state index in [0.29, 0.717) is 30.4 Å². The maximum Gasteiger partial charge on any atom is 0.306 e. The number of hydrogen-bond donors (Lipinski definition) is 1. The molecule has 1 aromatic heterocycles. The van der Waals surface area contributed by atoms with Crippen LogP contribution in [0.3, 0.4) is 0 Å². The summed E-state index contributed by atoms with van der Waals surface area (Å²) < 4.78 is 26.4. The second kappa shape index (κ2) is 9.09. The monoisotopic (exact) mass is 461 g/mol. The zero-order valence-corrected chi connectivity index (χ0v) is 19.3. The molecule has 3 aromatic rings. The number of rotatable bonds is 7. The van der Waals surface area contributed by atoms with Crippen LogP contribution in [0, 0.1) is 17.7 Å². The van der Waals surface area contributed by atoms with E-state index >= 15 is 4.39 Å². The molecule has 0 radical (unpaired) electrons. The normalized spacial score (nSPS) is 19.0. The van der Waals surface area contributed by atoms with Gasteiger partial charge in [0.05, 0.1) is 19.6 Å². The second-order valence-electron chi connectivity index (χ2n) is 9.39. The second-order valence-corrected chi connectivity index (χ2v) is 9.39. The predicted octanol–water partition coefficient (Wildman–Crippen LogP) is 5.83. The fourth-order valence-electron chi connectivity index (χ4n) is 5.14. The van der Waals surface area contributed by atoms with Crippen LogP contribution in [-0.2, 0) is 11.2 Å². The summed E-state index contributed by atoms with van der Waals surface area (Å²) in [6, 6.07) is 14.9. The number of aliphatic carboxylic acids is 1. The maximum absolute atomic E-state index is 15.2. The average molecular weight is 462 g/mol. The van der Waals surface area contributed by atoms with Crippen molar-refractivity contribution in [1.82, 2.24) is 4.98 Å². The summed E-state index contributed by atoms with van der Waals surface area (Å²) in [4.78, 5) is 15.8. The van der Waals surface area contributed by atoms with Crippen LogP contribution in [0.2, 0.25) is 0 Å². The van der Waals surface area contributed by atoms with Crippen LogP contribution in [-0.4, -0.2) is 29.8 Å². The molecule has 0 saturated heterocycles. The minimum atomic E-state index is -0.766. The summed E-state index contributed by atoms with van der Waals surface area (Å²) in [5, 5.41) is 9.61. The lowest BCUT2D eigenvalue weighted by atomic mass is 9.81. The Kier molecular flexibility index (Phi) is 5.98. The molecule has 1 aliphatic carbocycles. The van der Waals surface area contributed by atoms with Crippen molar-refractivity contribution < 1.29 is 23.8 Å². The predicted molar refractivity (Wildman–Crippen MR) is 127 cm³/mol. The number of carbonyl (C=O) groups is 1. The molecule has 3 atom stereocenters. The summed E-state index contributed by atoms with van der Waals surface area (Å²) in [6.45, 7) is 2.20. The molecule has 0 bridgehead atoms. The molecule has 2 aromatic carbocycles. The maximum atomic E-state index is 15.2. The number of benzene rings is 2. The lowest BCUT2D eigenvalue weighted by Gasteiger charge is -2.28. The number of halogens is 1. The van der Waals surface area contributed by atoms with Gasteiger partial charge in [0.25, 0.3) is 0 Å². The summed E-state index contributed by atoms with van der Waals surface area (Å²) in [5.74, 6) is 0.116. The number of fused-ring (bicyclic) bond motifs is 1. The summed E-state index contributed by atoms with van der Waals surface area (Å²) in [5.41, 5.74) is 4.28. The molecule has 0 amide bonds. The number of aromatic nitrogens is 1.